The number of furan rings is 1. The van der Waals surface area contributed by atoms with E-state index >= 15 is 0 Å². The Morgan fingerprint density at radius 3 is 2.87 bits per heavy atom. The van der Waals surface area contributed by atoms with Crippen LogP contribution in [0.4, 0.5) is 0 Å². The minimum absolute atomic E-state index is 0.615. The topological polar surface area (TPSA) is 52.0 Å². The summed E-state index contributed by atoms with van der Waals surface area (Å²) in [5.41, 5.74) is 1.78. The van der Waals surface area contributed by atoms with Crippen molar-refractivity contribution in [3.05, 3.63) is 58.4 Å². The van der Waals surface area contributed by atoms with Crippen LogP contribution in [0.1, 0.15) is 12.5 Å². The average Bonchev–Trinajstić information content (AvgIpc) is 3.23. The summed E-state index contributed by atoms with van der Waals surface area (Å²) in [7, 11) is 1.75. The molecule has 0 aliphatic carbocycles. The van der Waals surface area contributed by atoms with E-state index in [1.807, 2.05) is 48.7 Å². The van der Waals surface area contributed by atoms with Gasteiger partial charge in [0.05, 0.1) is 19.1 Å². The van der Waals surface area contributed by atoms with E-state index in [2.05, 4.69) is 10.1 Å². The van der Waals surface area contributed by atoms with E-state index in [0.717, 1.165) is 27.6 Å². The van der Waals surface area contributed by atoms with Crippen molar-refractivity contribution in [3.63, 3.8) is 0 Å². The van der Waals surface area contributed by atoms with Crippen molar-refractivity contribution >= 4 is 17.6 Å². The maximum atomic E-state index is 5.63. The highest BCUT2D eigenvalue weighted by Crippen LogP contribution is 2.21. The predicted molar refractivity (Wildman–Crippen MR) is 92.1 cm³/mol. The number of aromatic nitrogens is 1. The molecule has 0 unspecified atom stereocenters. The molecule has 0 N–H and O–H groups in total. The van der Waals surface area contributed by atoms with Crippen molar-refractivity contribution in [2.75, 3.05) is 13.7 Å². The molecular formula is C17H17N3O2S. The first-order valence-corrected chi connectivity index (χ1v) is 8.15. The highest BCUT2D eigenvalue weighted by Gasteiger charge is 2.09. The maximum absolute atomic E-state index is 5.63. The number of nitrogens with zero attached hydrogens (tertiary/aromatic N) is 3. The summed E-state index contributed by atoms with van der Waals surface area (Å²) >= 11 is 1.52. The number of thiazole rings is 1. The van der Waals surface area contributed by atoms with Gasteiger partial charge in [0, 0.05) is 18.0 Å². The quantitative estimate of drug-likeness (QED) is 0.672. The van der Waals surface area contributed by atoms with Crippen LogP contribution < -0.4 is 9.54 Å². The average molecular weight is 327 g/mol. The molecule has 0 aliphatic heterocycles. The molecule has 0 bridgehead atoms. The van der Waals surface area contributed by atoms with Gasteiger partial charge in [0.1, 0.15) is 11.4 Å². The molecule has 1 aromatic carbocycles. The SMILES string of the molecule is CCOc1ccccc1C=Nn1c(-c2ccco2)csc1=NC. The lowest BCUT2D eigenvalue weighted by Gasteiger charge is -2.06. The molecule has 2 aromatic heterocycles. The molecule has 0 spiro atoms. The Labute approximate surface area is 138 Å². The van der Waals surface area contributed by atoms with E-state index < -0.39 is 0 Å². The fraction of sp³-hybridized carbons (Fsp3) is 0.176. The van der Waals surface area contributed by atoms with Gasteiger partial charge in [-0.3, -0.25) is 4.99 Å². The Balaban J connectivity index is 2.02. The summed E-state index contributed by atoms with van der Waals surface area (Å²) in [6.07, 6.45) is 3.42. The lowest BCUT2D eigenvalue weighted by atomic mass is 10.2. The van der Waals surface area contributed by atoms with Gasteiger partial charge in [-0.05, 0) is 31.2 Å². The third-order valence-corrected chi connectivity index (χ3v) is 4.09. The molecule has 2 heterocycles. The van der Waals surface area contributed by atoms with Crippen LogP contribution in [0.2, 0.25) is 0 Å². The van der Waals surface area contributed by atoms with E-state index in [1.54, 1.807) is 24.2 Å². The normalized spacial score (nSPS) is 12.2. The second kappa shape index (κ2) is 7.11. The van der Waals surface area contributed by atoms with Gasteiger partial charge in [-0.2, -0.15) is 5.10 Å². The Bertz CT molecular complexity index is 860. The van der Waals surface area contributed by atoms with Crippen molar-refractivity contribution in [1.82, 2.24) is 4.68 Å². The molecule has 5 nitrogen and oxygen atoms in total. The highest BCUT2D eigenvalue weighted by atomic mass is 32.1. The van der Waals surface area contributed by atoms with Gasteiger partial charge >= 0.3 is 0 Å². The fourth-order valence-electron chi connectivity index (χ4n) is 2.15. The van der Waals surface area contributed by atoms with Gasteiger partial charge in [0.2, 0.25) is 4.80 Å². The first kappa shape index (κ1) is 15.3. The summed E-state index contributed by atoms with van der Waals surface area (Å²) < 4.78 is 12.9. The Kier molecular flexibility index (Phi) is 4.73. The Hall–Kier alpha value is -2.60. The first-order chi connectivity index (χ1) is 11.3. The largest absolute Gasteiger partial charge is 0.493 e. The number of hydrogen-bond donors (Lipinski definition) is 0. The molecule has 0 amide bonds. The molecule has 3 rings (SSSR count). The van der Waals surface area contributed by atoms with Crippen molar-refractivity contribution in [3.8, 4) is 17.2 Å². The van der Waals surface area contributed by atoms with E-state index in [9.17, 15) is 0 Å². The smallest absolute Gasteiger partial charge is 0.206 e. The van der Waals surface area contributed by atoms with Crippen LogP contribution >= 0.6 is 11.3 Å². The third kappa shape index (κ3) is 3.27. The molecule has 3 aromatic rings. The minimum atomic E-state index is 0.615. The fourth-order valence-corrected chi connectivity index (χ4v) is 2.94. The summed E-state index contributed by atoms with van der Waals surface area (Å²) in [5, 5.41) is 6.55. The van der Waals surface area contributed by atoms with E-state index in [4.69, 9.17) is 9.15 Å². The molecule has 0 atom stereocenters. The zero-order valence-electron chi connectivity index (χ0n) is 13.0. The van der Waals surface area contributed by atoms with Crippen LogP contribution in [0.15, 0.2) is 62.6 Å². The van der Waals surface area contributed by atoms with Gasteiger partial charge in [-0.1, -0.05) is 12.1 Å². The second-order valence-electron chi connectivity index (χ2n) is 4.63. The van der Waals surface area contributed by atoms with Crippen molar-refractivity contribution < 1.29 is 9.15 Å². The van der Waals surface area contributed by atoms with E-state index in [-0.39, 0.29) is 0 Å². The molecule has 23 heavy (non-hydrogen) atoms. The van der Waals surface area contributed by atoms with E-state index in [0.29, 0.717) is 6.61 Å². The van der Waals surface area contributed by atoms with Gasteiger partial charge in [0.15, 0.2) is 5.76 Å². The Morgan fingerprint density at radius 2 is 2.13 bits per heavy atom. The third-order valence-electron chi connectivity index (χ3n) is 3.18. The summed E-state index contributed by atoms with van der Waals surface area (Å²) in [4.78, 5) is 5.06. The first-order valence-electron chi connectivity index (χ1n) is 7.27. The lowest BCUT2D eigenvalue weighted by molar-refractivity contribution is 0.340. The molecule has 0 radical (unpaired) electrons. The summed E-state index contributed by atoms with van der Waals surface area (Å²) in [5.74, 6) is 1.57. The number of rotatable bonds is 5. The lowest BCUT2D eigenvalue weighted by Crippen LogP contribution is -2.11. The van der Waals surface area contributed by atoms with Crippen molar-refractivity contribution in [2.45, 2.75) is 6.92 Å². The number of ether oxygens (including phenoxy) is 1. The zero-order chi connectivity index (χ0) is 16.1. The van der Waals surface area contributed by atoms with Gasteiger partial charge in [-0.25, -0.2) is 4.68 Å². The van der Waals surface area contributed by atoms with Crippen LogP contribution in [-0.2, 0) is 0 Å². The van der Waals surface area contributed by atoms with Crippen molar-refractivity contribution in [1.29, 1.82) is 0 Å². The summed E-state index contributed by atoms with van der Waals surface area (Å²) in [6, 6.07) is 11.6. The van der Waals surface area contributed by atoms with Gasteiger partial charge in [-0.15, -0.1) is 11.3 Å². The molecule has 0 aliphatic rings. The molecule has 0 saturated carbocycles. The van der Waals surface area contributed by atoms with Crippen molar-refractivity contribution in [2.24, 2.45) is 10.1 Å². The highest BCUT2D eigenvalue weighted by molar-refractivity contribution is 7.07. The molecular weight excluding hydrogens is 310 g/mol. The van der Waals surface area contributed by atoms with Gasteiger partial charge < -0.3 is 9.15 Å². The molecule has 6 heteroatoms. The monoisotopic (exact) mass is 327 g/mol. The molecule has 0 saturated heterocycles. The van der Waals surface area contributed by atoms with Crippen LogP contribution in [0.3, 0.4) is 0 Å². The predicted octanol–water partition coefficient (Wildman–Crippen LogP) is 3.62. The van der Waals surface area contributed by atoms with Gasteiger partial charge in [0.25, 0.3) is 0 Å². The summed E-state index contributed by atoms with van der Waals surface area (Å²) in [6.45, 7) is 2.58. The minimum Gasteiger partial charge on any atom is -0.493 e. The number of para-hydroxylation sites is 1. The number of hydrogen-bond acceptors (Lipinski definition) is 5. The molecule has 0 fully saturated rings. The molecule has 118 valence electrons. The maximum Gasteiger partial charge on any atom is 0.206 e. The van der Waals surface area contributed by atoms with Crippen LogP contribution in [0, 0.1) is 0 Å². The zero-order valence-corrected chi connectivity index (χ0v) is 13.8. The Morgan fingerprint density at radius 1 is 1.26 bits per heavy atom. The number of benzene rings is 1. The van der Waals surface area contributed by atoms with E-state index in [1.165, 1.54) is 11.3 Å². The van der Waals surface area contributed by atoms with Crippen LogP contribution in [0.5, 0.6) is 5.75 Å². The van der Waals surface area contributed by atoms with Crippen LogP contribution in [-0.4, -0.2) is 24.5 Å². The standard InChI is InChI=1S/C17H17N3O2S/c1-3-21-15-8-5-4-7-13(15)11-19-20-14(12-23-17(20)18-2)16-9-6-10-22-16/h4-12H,3H2,1-2H3. The van der Waals surface area contributed by atoms with Crippen LogP contribution in [0.25, 0.3) is 11.5 Å². The second-order valence-corrected chi connectivity index (χ2v) is 5.47.